The molecule has 0 aromatic carbocycles. The van der Waals surface area contributed by atoms with E-state index in [1.54, 1.807) is 6.07 Å². The zero-order valence-electron chi connectivity index (χ0n) is 11.2. The highest BCUT2D eigenvalue weighted by Crippen LogP contribution is 2.38. The molecule has 2 N–H and O–H groups in total. The van der Waals surface area contributed by atoms with Gasteiger partial charge in [0.15, 0.2) is 5.69 Å². The molecule has 2 saturated heterocycles. The summed E-state index contributed by atoms with van der Waals surface area (Å²) in [5, 5.41) is 12.3. The first-order valence-corrected chi connectivity index (χ1v) is 8.01. The second kappa shape index (κ2) is 5.61. The summed E-state index contributed by atoms with van der Waals surface area (Å²) in [5.74, 6) is 1.87. The third-order valence-corrected chi connectivity index (χ3v) is 5.10. The first-order chi connectivity index (χ1) is 9.67. The number of hydrogen-bond donors (Lipinski definition) is 2. The van der Waals surface area contributed by atoms with Crippen molar-refractivity contribution < 1.29 is 14.6 Å². The second-order valence-electron chi connectivity index (χ2n) is 5.38. The van der Waals surface area contributed by atoms with Crippen LogP contribution >= 0.6 is 11.8 Å². The molecule has 108 valence electrons. The quantitative estimate of drug-likeness (QED) is 0.891. The first kappa shape index (κ1) is 13.7. The smallest absolute Gasteiger partial charge is 0.354 e. The van der Waals surface area contributed by atoms with Crippen molar-refractivity contribution in [3.05, 3.63) is 23.9 Å². The van der Waals surface area contributed by atoms with Crippen LogP contribution in [0, 0.1) is 0 Å². The second-order valence-corrected chi connectivity index (χ2v) is 6.49. The molecule has 1 aromatic rings. The average Bonchev–Trinajstić information content (AvgIpc) is 2.87. The molecule has 2 atom stereocenters. The lowest BCUT2D eigenvalue weighted by Gasteiger charge is -2.38. The number of hydrogen-bond acceptors (Lipinski definition) is 5. The van der Waals surface area contributed by atoms with Gasteiger partial charge in [-0.2, -0.15) is 11.8 Å². The lowest BCUT2D eigenvalue weighted by atomic mass is 9.90. The number of carboxylic acid groups (broad SMARTS) is 1. The van der Waals surface area contributed by atoms with Crippen molar-refractivity contribution in [3.63, 3.8) is 0 Å². The van der Waals surface area contributed by atoms with Gasteiger partial charge in [0.1, 0.15) is 5.82 Å². The van der Waals surface area contributed by atoms with Crippen LogP contribution in [0.4, 0.5) is 5.82 Å². The highest BCUT2D eigenvalue weighted by atomic mass is 32.2. The number of carboxylic acids is 1. The maximum absolute atomic E-state index is 10.9. The van der Waals surface area contributed by atoms with Crippen LogP contribution in [0.3, 0.4) is 0 Å². The van der Waals surface area contributed by atoms with Gasteiger partial charge in [-0.3, -0.25) is 0 Å². The number of nitrogens with zero attached hydrogens (tertiary/aromatic N) is 1. The molecule has 0 amide bonds. The molecule has 0 aliphatic carbocycles. The van der Waals surface area contributed by atoms with Gasteiger partial charge in [-0.1, -0.05) is 6.07 Å². The molecule has 2 aliphatic rings. The number of thioether (sulfide) groups is 1. The fourth-order valence-electron chi connectivity index (χ4n) is 2.86. The molecule has 2 fully saturated rings. The van der Waals surface area contributed by atoms with Crippen LogP contribution < -0.4 is 5.32 Å². The van der Waals surface area contributed by atoms with E-state index in [9.17, 15) is 4.79 Å². The maximum Gasteiger partial charge on any atom is 0.354 e. The number of pyridine rings is 1. The van der Waals surface area contributed by atoms with Crippen molar-refractivity contribution in [2.75, 3.05) is 23.4 Å². The predicted octanol–water partition coefficient (Wildman–Crippen LogP) is 2.25. The van der Waals surface area contributed by atoms with Crippen molar-refractivity contribution in [1.29, 1.82) is 0 Å². The van der Waals surface area contributed by atoms with Gasteiger partial charge in [0, 0.05) is 18.4 Å². The summed E-state index contributed by atoms with van der Waals surface area (Å²) >= 11 is 1.95. The zero-order valence-corrected chi connectivity index (χ0v) is 12.0. The number of aromatic carboxylic acids is 1. The van der Waals surface area contributed by atoms with Gasteiger partial charge in [-0.25, -0.2) is 9.78 Å². The van der Waals surface area contributed by atoms with Gasteiger partial charge in [0.05, 0.1) is 5.60 Å². The Balaban J connectivity index is 1.68. The molecule has 3 rings (SSSR count). The molecule has 1 aromatic heterocycles. The fraction of sp³-hybridized carbons (Fsp3) is 0.571. The van der Waals surface area contributed by atoms with Crippen LogP contribution in [0.5, 0.6) is 0 Å². The van der Waals surface area contributed by atoms with Gasteiger partial charge in [0.25, 0.3) is 0 Å². The minimum atomic E-state index is -0.996. The molecule has 1 spiro atoms. The molecule has 0 radical (unpaired) electrons. The summed E-state index contributed by atoms with van der Waals surface area (Å²) in [6.07, 6.45) is 3.02. The molecular formula is C14H18N2O3S. The van der Waals surface area contributed by atoms with E-state index in [-0.39, 0.29) is 11.3 Å². The summed E-state index contributed by atoms with van der Waals surface area (Å²) in [7, 11) is 0. The topological polar surface area (TPSA) is 71.5 Å². The Morgan fingerprint density at radius 1 is 1.55 bits per heavy atom. The Morgan fingerprint density at radius 2 is 2.45 bits per heavy atom. The minimum absolute atomic E-state index is 0.0188. The monoisotopic (exact) mass is 294 g/mol. The van der Waals surface area contributed by atoms with Crippen molar-refractivity contribution in [2.24, 2.45) is 0 Å². The molecule has 5 nitrogen and oxygen atoms in total. The predicted molar refractivity (Wildman–Crippen MR) is 78.5 cm³/mol. The van der Waals surface area contributed by atoms with Gasteiger partial charge >= 0.3 is 5.97 Å². The van der Waals surface area contributed by atoms with E-state index in [4.69, 9.17) is 9.84 Å². The van der Waals surface area contributed by atoms with Crippen molar-refractivity contribution in [2.45, 2.75) is 30.9 Å². The molecule has 2 unspecified atom stereocenters. The Bertz CT molecular complexity index is 503. The molecule has 0 saturated carbocycles. The third kappa shape index (κ3) is 2.91. The van der Waals surface area contributed by atoms with Crippen molar-refractivity contribution in [1.82, 2.24) is 4.98 Å². The van der Waals surface area contributed by atoms with E-state index < -0.39 is 5.97 Å². The van der Waals surface area contributed by atoms with Crippen LogP contribution in [0.15, 0.2) is 18.2 Å². The normalized spacial score (nSPS) is 29.5. The Hall–Kier alpha value is -1.27. The fourth-order valence-corrected chi connectivity index (χ4v) is 4.24. The highest BCUT2D eigenvalue weighted by molar-refractivity contribution is 7.99. The Morgan fingerprint density at radius 3 is 3.20 bits per heavy atom. The maximum atomic E-state index is 10.9. The van der Waals surface area contributed by atoms with Crippen molar-refractivity contribution in [3.8, 4) is 0 Å². The van der Waals surface area contributed by atoms with Crippen LogP contribution in [-0.2, 0) is 4.74 Å². The van der Waals surface area contributed by atoms with E-state index in [0.29, 0.717) is 11.9 Å². The lowest BCUT2D eigenvalue weighted by molar-refractivity contribution is -0.0628. The molecule has 3 heterocycles. The van der Waals surface area contributed by atoms with Crippen molar-refractivity contribution >= 4 is 23.5 Å². The number of rotatable bonds is 3. The van der Waals surface area contributed by atoms with Gasteiger partial charge in [0.2, 0.25) is 0 Å². The van der Waals surface area contributed by atoms with Crippen LogP contribution in [-0.4, -0.2) is 45.8 Å². The summed E-state index contributed by atoms with van der Waals surface area (Å²) < 4.78 is 5.98. The Kier molecular flexibility index (Phi) is 3.85. The van der Waals surface area contributed by atoms with Crippen LogP contribution in [0.25, 0.3) is 0 Å². The van der Waals surface area contributed by atoms with E-state index in [1.807, 2.05) is 17.8 Å². The third-order valence-electron chi connectivity index (χ3n) is 3.88. The van der Waals surface area contributed by atoms with Gasteiger partial charge in [-0.05, 0) is 37.1 Å². The molecule has 6 heteroatoms. The van der Waals surface area contributed by atoms with Gasteiger partial charge < -0.3 is 15.2 Å². The zero-order chi connectivity index (χ0) is 14.0. The standard InChI is InChI=1S/C14H18N2O3S/c17-13(18)11-2-1-3-12(16-11)15-10-4-6-19-14(8-10)5-7-20-9-14/h1-3,10H,4-9H2,(H,15,16)(H,17,18). The number of ether oxygens (including phenoxy) is 1. The van der Waals surface area contributed by atoms with E-state index in [1.165, 1.54) is 11.8 Å². The Labute approximate surface area is 122 Å². The van der Waals surface area contributed by atoms with Crippen LogP contribution in [0.2, 0.25) is 0 Å². The largest absolute Gasteiger partial charge is 0.477 e. The SMILES string of the molecule is O=C(O)c1cccc(NC2CCOC3(CCSC3)C2)n1. The molecule has 0 bridgehead atoms. The minimum Gasteiger partial charge on any atom is -0.477 e. The van der Waals surface area contributed by atoms with E-state index in [0.717, 1.165) is 31.6 Å². The first-order valence-electron chi connectivity index (χ1n) is 6.85. The van der Waals surface area contributed by atoms with E-state index >= 15 is 0 Å². The molecule has 2 aliphatic heterocycles. The summed E-state index contributed by atoms with van der Waals surface area (Å²) in [4.78, 5) is 15.1. The highest BCUT2D eigenvalue weighted by Gasteiger charge is 2.40. The average molecular weight is 294 g/mol. The number of anilines is 1. The number of aromatic nitrogens is 1. The number of nitrogens with one attached hydrogen (secondary N) is 1. The van der Waals surface area contributed by atoms with Gasteiger partial charge in [-0.15, -0.1) is 0 Å². The van der Waals surface area contributed by atoms with Crippen LogP contribution in [0.1, 0.15) is 29.8 Å². The van der Waals surface area contributed by atoms with E-state index in [2.05, 4.69) is 10.3 Å². The summed E-state index contributed by atoms with van der Waals surface area (Å²) in [5.41, 5.74) is 0.0959. The summed E-state index contributed by atoms with van der Waals surface area (Å²) in [6, 6.07) is 5.35. The summed E-state index contributed by atoms with van der Waals surface area (Å²) in [6.45, 7) is 0.761. The molecular weight excluding hydrogens is 276 g/mol. The molecule has 20 heavy (non-hydrogen) atoms. The lowest BCUT2D eigenvalue weighted by Crippen LogP contribution is -2.44. The number of carbonyl (C=O) groups is 1.